The lowest BCUT2D eigenvalue weighted by atomic mass is 9.84. The highest BCUT2D eigenvalue weighted by atomic mass is 127. The number of aliphatic imine (C=N–C) groups is 1. The molecule has 0 amide bonds. The number of rotatable bonds is 4. The first-order valence-electron chi connectivity index (χ1n) is 9.24. The van der Waals surface area contributed by atoms with Crippen molar-refractivity contribution in [3.8, 4) is 0 Å². The zero-order valence-corrected chi connectivity index (χ0v) is 17.6. The molecule has 25 heavy (non-hydrogen) atoms. The molecule has 2 aliphatic rings. The highest BCUT2D eigenvalue weighted by Gasteiger charge is 2.39. The second-order valence-corrected chi connectivity index (χ2v) is 7.27. The first-order chi connectivity index (χ1) is 11.7. The quantitative estimate of drug-likeness (QED) is 0.415. The van der Waals surface area contributed by atoms with Crippen molar-refractivity contribution in [1.29, 1.82) is 0 Å². The lowest BCUT2D eigenvalue weighted by molar-refractivity contribution is 0.0209. The van der Waals surface area contributed by atoms with Crippen molar-refractivity contribution in [2.24, 2.45) is 10.7 Å². The third-order valence-corrected chi connectivity index (χ3v) is 5.53. The lowest BCUT2D eigenvalue weighted by Gasteiger charge is -2.49. The molecule has 3 rings (SSSR count). The van der Waals surface area contributed by atoms with Crippen LogP contribution in [0, 0.1) is 0 Å². The molecular weight excluding hydrogens is 425 g/mol. The van der Waals surface area contributed by atoms with E-state index in [2.05, 4.69) is 22.2 Å². The van der Waals surface area contributed by atoms with Gasteiger partial charge in [-0.2, -0.15) is 0 Å². The fourth-order valence-corrected chi connectivity index (χ4v) is 3.92. The smallest absolute Gasteiger partial charge is 0.193 e. The van der Waals surface area contributed by atoms with E-state index in [9.17, 15) is 0 Å². The fourth-order valence-electron chi connectivity index (χ4n) is 3.92. The van der Waals surface area contributed by atoms with Crippen LogP contribution in [0.1, 0.15) is 32.1 Å². The minimum atomic E-state index is 0. The molecule has 0 radical (unpaired) electrons. The van der Waals surface area contributed by atoms with Crippen molar-refractivity contribution < 1.29 is 0 Å². The normalized spacial score (nSPS) is 22.2. The van der Waals surface area contributed by atoms with Gasteiger partial charge in [-0.15, -0.1) is 24.0 Å². The van der Waals surface area contributed by atoms with Crippen molar-refractivity contribution in [1.82, 2.24) is 9.80 Å². The third-order valence-electron chi connectivity index (χ3n) is 5.53. The van der Waals surface area contributed by atoms with Crippen molar-refractivity contribution in [2.75, 3.05) is 45.1 Å². The zero-order valence-electron chi connectivity index (χ0n) is 15.3. The summed E-state index contributed by atoms with van der Waals surface area (Å²) in [5.41, 5.74) is 7.33. The highest BCUT2D eigenvalue weighted by molar-refractivity contribution is 14.0. The number of nitrogens with one attached hydrogen (secondary N) is 1. The largest absolute Gasteiger partial charge is 0.370 e. The number of benzene rings is 1. The van der Waals surface area contributed by atoms with E-state index in [0.29, 0.717) is 5.96 Å². The number of para-hydroxylation sites is 1. The number of hydrogen-bond acceptors (Lipinski definition) is 3. The molecule has 0 spiro atoms. The molecule has 0 bridgehead atoms. The molecule has 0 atom stereocenters. The van der Waals surface area contributed by atoms with Gasteiger partial charge in [0.05, 0.1) is 6.54 Å². The van der Waals surface area contributed by atoms with Crippen LogP contribution in [0.25, 0.3) is 0 Å². The van der Waals surface area contributed by atoms with E-state index in [-0.39, 0.29) is 29.5 Å². The Morgan fingerprint density at radius 1 is 1.08 bits per heavy atom. The summed E-state index contributed by atoms with van der Waals surface area (Å²) in [5.74, 6) is 0.525. The monoisotopic (exact) mass is 457 g/mol. The molecule has 1 aromatic rings. The van der Waals surface area contributed by atoms with Crippen LogP contribution in [0.4, 0.5) is 5.69 Å². The Kier molecular flexibility index (Phi) is 7.96. The number of nitrogens with two attached hydrogens (primary N) is 1. The van der Waals surface area contributed by atoms with Gasteiger partial charge in [-0.05, 0) is 71.0 Å². The second kappa shape index (κ2) is 9.73. The van der Waals surface area contributed by atoms with E-state index in [1.165, 1.54) is 45.2 Å². The van der Waals surface area contributed by atoms with Gasteiger partial charge < -0.3 is 16.0 Å². The third kappa shape index (κ3) is 5.56. The van der Waals surface area contributed by atoms with Gasteiger partial charge in [-0.25, -0.2) is 0 Å². The molecular formula is C19H32IN5. The molecule has 3 N–H and O–H groups in total. The van der Waals surface area contributed by atoms with Gasteiger partial charge in [-0.3, -0.25) is 9.89 Å². The lowest BCUT2D eigenvalue weighted by Crippen LogP contribution is -2.58. The van der Waals surface area contributed by atoms with Gasteiger partial charge in [0.2, 0.25) is 0 Å². The molecule has 140 valence electrons. The maximum absolute atomic E-state index is 6.15. The summed E-state index contributed by atoms with van der Waals surface area (Å²) in [6.07, 6.45) is 6.38. The molecule has 1 aromatic carbocycles. The van der Waals surface area contributed by atoms with Crippen LogP contribution in [-0.4, -0.2) is 61.1 Å². The average molecular weight is 457 g/mol. The molecule has 0 unspecified atom stereocenters. The van der Waals surface area contributed by atoms with Gasteiger partial charge in [-0.1, -0.05) is 24.6 Å². The van der Waals surface area contributed by atoms with Crippen LogP contribution in [0.5, 0.6) is 0 Å². The topological polar surface area (TPSA) is 56.9 Å². The number of halogens is 1. The SMILES string of the molecule is CN1CCC(CN=C(N)Nc2ccccc2)(N2CCCCC2)CC1.I. The van der Waals surface area contributed by atoms with Gasteiger partial charge in [0.1, 0.15) is 0 Å². The summed E-state index contributed by atoms with van der Waals surface area (Å²) in [6.45, 7) is 5.53. The van der Waals surface area contributed by atoms with Crippen LogP contribution < -0.4 is 11.1 Å². The number of anilines is 1. The molecule has 0 aromatic heterocycles. The van der Waals surface area contributed by atoms with Crippen molar-refractivity contribution >= 4 is 35.6 Å². The van der Waals surface area contributed by atoms with Crippen LogP contribution in [-0.2, 0) is 0 Å². The predicted octanol–water partition coefficient (Wildman–Crippen LogP) is 2.98. The Balaban J connectivity index is 0.00000225. The molecule has 2 aliphatic heterocycles. The van der Waals surface area contributed by atoms with E-state index < -0.39 is 0 Å². The summed E-state index contributed by atoms with van der Waals surface area (Å²) in [4.78, 5) is 9.86. The van der Waals surface area contributed by atoms with Gasteiger partial charge in [0.25, 0.3) is 0 Å². The Hall–Kier alpha value is -0.860. The molecule has 0 saturated carbocycles. The predicted molar refractivity (Wildman–Crippen MR) is 117 cm³/mol. The molecule has 0 aliphatic carbocycles. The first-order valence-corrected chi connectivity index (χ1v) is 9.24. The summed E-state index contributed by atoms with van der Waals surface area (Å²) in [7, 11) is 2.22. The van der Waals surface area contributed by atoms with E-state index in [1.54, 1.807) is 0 Å². The molecule has 6 heteroatoms. The highest BCUT2D eigenvalue weighted by Crippen LogP contribution is 2.31. The standard InChI is InChI=1S/C19H31N5.HI/c1-23-14-10-19(11-15-23,24-12-6-3-7-13-24)16-21-18(20)22-17-8-4-2-5-9-17;/h2,4-5,8-9H,3,6-7,10-16H2,1H3,(H3,20,21,22);1H. The molecule has 5 nitrogen and oxygen atoms in total. The van der Waals surface area contributed by atoms with E-state index >= 15 is 0 Å². The fraction of sp³-hybridized carbons (Fsp3) is 0.632. The summed E-state index contributed by atoms with van der Waals surface area (Å²) in [6, 6.07) is 10.0. The van der Waals surface area contributed by atoms with E-state index in [4.69, 9.17) is 10.7 Å². The minimum Gasteiger partial charge on any atom is -0.370 e. The molecule has 2 saturated heterocycles. The van der Waals surface area contributed by atoms with Crippen molar-refractivity contribution in [3.05, 3.63) is 30.3 Å². The summed E-state index contributed by atoms with van der Waals surface area (Å²) in [5, 5.41) is 3.21. The maximum Gasteiger partial charge on any atom is 0.193 e. The van der Waals surface area contributed by atoms with Crippen LogP contribution in [0.3, 0.4) is 0 Å². The van der Waals surface area contributed by atoms with E-state index in [1.807, 2.05) is 30.3 Å². The maximum atomic E-state index is 6.15. The van der Waals surface area contributed by atoms with Crippen LogP contribution >= 0.6 is 24.0 Å². The van der Waals surface area contributed by atoms with E-state index in [0.717, 1.165) is 25.3 Å². The number of hydrogen-bond donors (Lipinski definition) is 2. The Morgan fingerprint density at radius 3 is 2.36 bits per heavy atom. The Bertz CT molecular complexity index is 534. The zero-order chi connectivity index (χ0) is 16.8. The number of guanidine groups is 1. The van der Waals surface area contributed by atoms with Gasteiger partial charge >= 0.3 is 0 Å². The summed E-state index contributed by atoms with van der Waals surface area (Å²) < 4.78 is 0. The molecule has 2 fully saturated rings. The van der Waals surface area contributed by atoms with Crippen molar-refractivity contribution in [2.45, 2.75) is 37.6 Å². The molecule has 2 heterocycles. The second-order valence-electron chi connectivity index (χ2n) is 7.27. The number of piperidine rings is 2. The minimum absolute atomic E-state index is 0. The number of nitrogens with zero attached hydrogens (tertiary/aromatic N) is 3. The van der Waals surface area contributed by atoms with Gasteiger partial charge in [0, 0.05) is 11.2 Å². The van der Waals surface area contributed by atoms with Gasteiger partial charge in [0.15, 0.2) is 5.96 Å². The van der Waals surface area contributed by atoms with Crippen molar-refractivity contribution in [3.63, 3.8) is 0 Å². The number of likely N-dealkylation sites (tertiary alicyclic amines) is 2. The Labute approximate surface area is 169 Å². The summed E-state index contributed by atoms with van der Waals surface area (Å²) >= 11 is 0. The first kappa shape index (κ1) is 20.5. The van der Waals surface area contributed by atoms with Crippen LogP contribution in [0.15, 0.2) is 35.3 Å². The van der Waals surface area contributed by atoms with Crippen LogP contribution in [0.2, 0.25) is 0 Å². The Morgan fingerprint density at radius 2 is 1.72 bits per heavy atom. The average Bonchev–Trinajstić information content (AvgIpc) is 2.63.